The molecule has 0 aliphatic heterocycles. The Hall–Kier alpha value is -2.94. The highest BCUT2D eigenvalue weighted by Gasteiger charge is 2.10. The van der Waals surface area contributed by atoms with Crippen molar-refractivity contribution >= 4 is 66.5 Å². The van der Waals surface area contributed by atoms with Crippen molar-refractivity contribution in [1.29, 1.82) is 0 Å². The van der Waals surface area contributed by atoms with Crippen LogP contribution in [0.2, 0.25) is 0 Å². The Bertz CT molecular complexity index is 1440. The molecule has 5 aromatic rings. The number of aromatic nitrogens is 2. The van der Waals surface area contributed by atoms with Crippen molar-refractivity contribution in [3.8, 4) is 16.3 Å². The molecular weight excluding hydrogens is 470 g/mol. The molecular formula is C25H21N3O2S3. The first kappa shape index (κ1) is 21.9. The van der Waals surface area contributed by atoms with Crippen LogP contribution in [0, 0.1) is 6.92 Å². The zero-order chi connectivity index (χ0) is 22.8. The molecule has 0 spiro atoms. The van der Waals surface area contributed by atoms with Crippen LogP contribution < -0.4 is 10.1 Å². The van der Waals surface area contributed by atoms with Gasteiger partial charge in [-0.3, -0.25) is 4.79 Å². The van der Waals surface area contributed by atoms with Crippen LogP contribution in [-0.2, 0) is 4.79 Å². The molecule has 0 aliphatic carbocycles. The average molecular weight is 492 g/mol. The third kappa shape index (κ3) is 5.03. The standard InChI is InChI=1S/C25H21N3O2S3/c1-3-30-18-9-11-20-22(13-18)33-25(28-20)31-14-23(29)26-17-7-5-16(6-8-17)24-27-19-10-4-15(2)12-21(19)32-24/h4-13H,3,14H2,1-2H3,(H,26,29). The molecule has 8 heteroatoms. The van der Waals surface area contributed by atoms with Gasteiger partial charge < -0.3 is 10.1 Å². The van der Waals surface area contributed by atoms with Crippen molar-refractivity contribution in [2.45, 2.75) is 18.2 Å². The number of hydrogen-bond donors (Lipinski definition) is 1. The van der Waals surface area contributed by atoms with E-state index in [9.17, 15) is 4.79 Å². The molecule has 0 aliphatic rings. The largest absolute Gasteiger partial charge is 0.494 e. The molecule has 0 unspecified atom stereocenters. The quantitative estimate of drug-likeness (QED) is 0.248. The average Bonchev–Trinajstić information content (AvgIpc) is 3.41. The number of thiazole rings is 2. The van der Waals surface area contributed by atoms with E-state index in [4.69, 9.17) is 9.72 Å². The number of fused-ring (bicyclic) bond motifs is 2. The molecule has 166 valence electrons. The molecule has 0 atom stereocenters. The third-order valence-electron chi connectivity index (χ3n) is 4.94. The Morgan fingerprint density at radius 1 is 0.970 bits per heavy atom. The highest BCUT2D eigenvalue weighted by Crippen LogP contribution is 2.33. The number of hydrogen-bond acceptors (Lipinski definition) is 7. The zero-order valence-corrected chi connectivity index (χ0v) is 20.6. The van der Waals surface area contributed by atoms with E-state index in [1.807, 2.05) is 49.4 Å². The minimum atomic E-state index is -0.0579. The van der Waals surface area contributed by atoms with Gasteiger partial charge in [0.05, 0.1) is 32.8 Å². The number of thioether (sulfide) groups is 1. The number of benzene rings is 3. The molecule has 2 heterocycles. The smallest absolute Gasteiger partial charge is 0.234 e. The predicted octanol–water partition coefficient (Wildman–Crippen LogP) is 7.01. The van der Waals surface area contributed by atoms with Gasteiger partial charge in [0.1, 0.15) is 10.8 Å². The summed E-state index contributed by atoms with van der Waals surface area (Å²) in [6.45, 7) is 4.68. The summed E-state index contributed by atoms with van der Waals surface area (Å²) in [7, 11) is 0. The van der Waals surface area contributed by atoms with Crippen molar-refractivity contribution in [2.24, 2.45) is 0 Å². The number of nitrogens with zero attached hydrogens (tertiary/aromatic N) is 2. The van der Waals surface area contributed by atoms with Gasteiger partial charge >= 0.3 is 0 Å². The van der Waals surface area contributed by atoms with Gasteiger partial charge in [-0.1, -0.05) is 17.8 Å². The van der Waals surface area contributed by atoms with Gasteiger partial charge in [-0.15, -0.1) is 22.7 Å². The molecule has 33 heavy (non-hydrogen) atoms. The van der Waals surface area contributed by atoms with Crippen molar-refractivity contribution in [2.75, 3.05) is 17.7 Å². The normalized spacial score (nSPS) is 11.2. The van der Waals surface area contributed by atoms with E-state index in [0.29, 0.717) is 12.4 Å². The highest BCUT2D eigenvalue weighted by atomic mass is 32.2. The van der Waals surface area contributed by atoms with E-state index in [-0.39, 0.29) is 5.91 Å². The van der Waals surface area contributed by atoms with Gasteiger partial charge in [-0.2, -0.15) is 0 Å². The Morgan fingerprint density at radius 3 is 2.55 bits per heavy atom. The fourth-order valence-corrected chi connectivity index (χ4v) is 6.34. The molecule has 5 nitrogen and oxygen atoms in total. The monoisotopic (exact) mass is 491 g/mol. The Balaban J connectivity index is 1.20. The first-order valence-electron chi connectivity index (χ1n) is 10.5. The summed E-state index contributed by atoms with van der Waals surface area (Å²) in [5.74, 6) is 1.08. The van der Waals surface area contributed by atoms with Crippen LogP contribution in [0.1, 0.15) is 12.5 Å². The minimum absolute atomic E-state index is 0.0579. The molecule has 0 radical (unpaired) electrons. The lowest BCUT2D eigenvalue weighted by Gasteiger charge is -2.05. The van der Waals surface area contributed by atoms with Crippen LogP contribution in [0.3, 0.4) is 0 Å². The lowest BCUT2D eigenvalue weighted by atomic mass is 10.2. The predicted molar refractivity (Wildman–Crippen MR) is 140 cm³/mol. The van der Waals surface area contributed by atoms with Crippen LogP contribution in [0.15, 0.2) is 65.0 Å². The van der Waals surface area contributed by atoms with Crippen LogP contribution in [0.25, 0.3) is 31.0 Å². The second-order valence-electron chi connectivity index (χ2n) is 7.45. The lowest BCUT2D eigenvalue weighted by molar-refractivity contribution is -0.113. The summed E-state index contributed by atoms with van der Waals surface area (Å²) in [6.07, 6.45) is 0. The van der Waals surface area contributed by atoms with Crippen LogP contribution in [0.4, 0.5) is 5.69 Å². The van der Waals surface area contributed by atoms with Crippen LogP contribution in [0.5, 0.6) is 5.75 Å². The number of aryl methyl sites for hydroxylation is 1. The minimum Gasteiger partial charge on any atom is -0.494 e. The summed E-state index contributed by atoms with van der Waals surface area (Å²) in [6, 6.07) is 20.0. The van der Waals surface area contributed by atoms with Gasteiger partial charge in [0, 0.05) is 11.3 Å². The topological polar surface area (TPSA) is 64.1 Å². The second-order valence-corrected chi connectivity index (χ2v) is 10.7. The number of nitrogens with one attached hydrogen (secondary N) is 1. The number of carbonyl (C=O) groups excluding carboxylic acids is 1. The fraction of sp³-hybridized carbons (Fsp3) is 0.160. The van der Waals surface area contributed by atoms with E-state index in [0.717, 1.165) is 42.1 Å². The summed E-state index contributed by atoms with van der Waals surface area (Å²) in [5.41, 5.74) is 4.98. The van der Waals surface area contributed by atoms with Crippen molar-refractivity contribution in [3.05, 3.63) is 66.2 Å². The summed E-state index contributed by atoms with van der Waals surface area (Å²) >= 11 is 4.70. The number of rotatable bonds is 7. The summed E-state index contributed by atoms with van der Waals surface area (Å²) < 4.78 is 8.66. The van der Waals surface area contributed by atoms with Gasteiger partial charge in [-0.05, 0) is 74.0 Å². The van der Waals surface area contributed by atoms with Gasteiger partial charge in [0.2, 0.25) is 5.91 Å². The third-order valence-corrected chi connectivity index (χ3v) is 8.17. The Labute approximate surface area is 203 Å². The molecule has 0 bridgehead atoms. The maximum atomic E-state index is 12.5. The fourth-order valence-electron chi connectivity index (χ4n) is 3.38. The molecule has 0 saturated heterocycles. The van der Waals surface area contributed by atoms with Crippen LogP contribution >= 0.6 is 34.4 Å². The Morgan fingerprint density at radius 2 is 1.73 bits per heavy atom. The van der Waals surface area contributed by atoms with Gasteiger partial charge in [-0.25, -0.2) is 9.97 Å². The van der Waals surface area contributed by atoms with E-state index in [2.05, 4.69) is 35.4 Å². The van der Waals surface area contributed by atoms with Gasteiger partial charge in [0.15, 0.2) is 4.34 Å². The molecule has 1 amide bonds. The van der Waals surface area contributed by atoms with E-state index in [1.165, 1.54) is 22.0 Å². The number of carbonyl (C=O) groups is 1. The molecule has 1 N–H and O–H groups in total. The number of ether oxygens (including phenoxy) is 1. The van der Waals surface area contributed by atoms with E-state index >= 15 is 0 Å². The maximum Gasteiger partial charge on any atom is 0.234 e. The molecule has 3 aromatic carbocycles. The van der Waals surface area contributed by atoms with E-state index < -0.39 is 0 Å². The number of amides is 1. The highest BCUT2D eigenvalue weighted by molar-refractivity contribution is 8.01. The SMILES string of the molecule is CCOc1ccc2nc(SCC(=O)Nc3ccc(-c4nc5ccc(C)cc5s4)cc3)sc2c1. The first-order valence-corrected chi connectivity index (χ1v) is 13.1. The maximum absolute atomic E-state index is 12.5. The molecule has 0 fully saturated rings. The van der Waals surface area contributed by atoms with E-state index in [1.54, 1.807) is 22.7 Å². The van der Waals surface area contributed by atoms with Gasteiger partial charge in [0.25, 0.3) is 0 Å². The van der Waals surface area contributed by atoms with Crippen molar-refractivity contribution in [3.63, 3.8) is 0 Å². The zero-order valence-electron chi connectivity index (χ0n) is 18.1. The lowest BCUT2D eigenvalue weighted by Crippen LogP contribution is -2.13. The second kappa shape index (κ2) is 9.51. The number of anilines is 1. The molecule has 0 saturated carbocycles. The molecule has 2 aromatic heterocycles. The summed E-state index contributed by atoms with van der Waals surface area (Å²) in [5, 5.41) is 3.94. The molecule has 5 rings (SSSR count). The summed E-state index contributed by atoms with van der Waals surface area (Å²) in [4.78, 5) is 21.8. The van der Waals surface area contributed by atoms with Crippen LogP contribution in [-0.4, -0.2) is 28.2 Å². The first-order chi connectivity index (χ1) is 16.1. The Kier molecular flexibility index (Phi) is 6.30. The van der Waals surface area contributed by atoms with Crippen molar-refractivity contribution in [1.82, 2.24) is 9.97 Å². The van der Waals surface area contributed by atoms with Crippen molar-refractivity contribution < 1.29 is 9.53 Å².